The minimum absolute atomic E-state index is 0.0102. The summed E-state index contributed by atoms with van der Waals surface area (Å²) in [6, 6.07) is 9.49. The van der Waals surface area contributed by atoms with Crippen molar-refractivity contribution >= 4 is 11.8 Å². The van der Waals surface area contributed by atoms with Gasteiger partial charge >= 0.3 is 0 Å². The smallest absolute Gasteiger partial charge is 0.226 e. The van der Waals surface area contributed by atoms with Crippen molar-refractivity contribution in [1.82, 2.24) is 25.0 Å². The Morgan fingerprint density at radius 2 is 1.94 bits per heavy atom. The van der Waals surface area contributed by atoms with E-state index in [2.05, 4.69) is 20.1 Å². The van der Waals surface area contributed by atoms with Crippen LogP contribution in [0.2, 0.25) is 0 Å². The molecule has 2 aliphatic rings. The van der Waals surface area contributed by atoms with Crippen LogP contribution in [0.25, 0.3) is 0 Å². The lowest BCUT2D eigenvalue weighted by Gasteiger charge is -2.32. The van der Waals surface area contributed by atoms with Crippen LogP contribution >= 0.6 is 0 Å². The van der Waals surface area contributed by atoms with Gasteiger partial charge in [-0.1, -0.05) is 24.6 Å². The molecule has 2 aromatic rings. The highest BCUT2D eigenvalue weighted by atomic mass is 16.5. The van der Waals surface area contributed by atoms with Crippen molar-refractivity contribution in [2.24, 2.45) is 5.92 Å². The van der Waals surface area contributed by atoms with E-state index in [1.54, 1.807) is 4.90 Å². The number of rotatable bonds is 7. The van der Waals surface area contributed by atoms with Gasteiger partial charge in [0, 0.05) is 26.1 Å². The van der Waals surface area contributed by atoms with E-state index in [0.717, 1.165) is 56.0 Å². The van der Waals surface area contributed by atoms with Crippen LogP contribution in [0.1, 0.15) is 50.2 Å². The topological polar surface area (TPSA) is 89.4 Å². The second kappa shape index (κ2) is 10.4. The zero-order chi connectivity index (χ0) is 21.5. The highest BCUT2D eigenvalue weighted by Gasteiger charge is 2.28. The molecule has 31 heavy (non-hydrogen) atoms. The molecule has 8 nitrogen and oxygen atoms in total. The van der Waals surface area contributed by atoms with Gasteiger partial charge in [0.05, 0.1) is 25.5 Å². The molecule has 0 bridgehead atoms. The molecule has 0 saturated carbocycles. The molecule has 1 saturated heterocycles. The van der Waals surface area contributed by atoms with Crippen molar-refractivity contribution in [2.75, 3.05) is 19.7 Å². The van der Waals surface area contributed by atoms with Gasteiger partial charge in [0.1, 0.15) is 11.6 Å². The summed E-state index contributed by atoms with van der Waals surface area (Å²) in [7, 11) is 0. The molecule has 2 aliphatic heterocycles. The number of ether oxygens (including phenoxy) is 1. The zero-order valence-electron chi connectivity index (χ0n) is 18.0. The van der Waals surface area contributed by atoms with E-state index in [-0.39, 0.29) is 17.7 Å². The van der Waals surface area contributed by atoms with Crippen LogP contribution in [-0.2, 0) is 29.1 Å². The second-order valence-corrected chi connectivity index (χ2v) is 8.30. The molecule has 1 N–H and O–H groups in total. The number of piperidine rings is 1. The summed E-state index contributed by atoms with van der Waals surface area (Å²) < 4.78 is 7.78. The van der Waals surface area contributed by atoms with Crippen LogP contribution in [-0.4, -0.2) is 51.2 Å². The average Bonchev–Trinajstić information content (AvgIpc) is 3.04. The number of hydrogen-bond donors (Lipinski definition) is 1. The van der Waals surface area contributed by atoms with E-state index >= 15 is 0 Å². The Balaban J connectivity index is 1.24. The van der Waals surface area contributed by atoms with E-state index in [1.165, 1.54) is 6.42 Å². The number of carbonyl (C=O) groups excluding carboxylic acids is 2. The quantitative estimate of drug-likeness (QED) is 0.735. The van der Waals surface area contributed by atoms with E-state index in [0.29, 0.717) is 32.7 Å². The number of hydrogen-bond acceptors (Lipinski definition) is 5. The van der Waals surface area contributed by atoms with Crippen LogP contribution in [0.4, 0.5) is 0 Å². The summed E-state index contributed by atoms with van der Waals surface area (Å²) in [5.74, 6) is 2.46. The Morgan fingerprint density at radius 3 is 2.81 bits per heavy atom. The molecule has 4 rings (SSSR count). The van der Waals surface area contributed by atoms with Gasteiger partial charge in [-0.15, -0.1) is 10.2 Å². The van der Waals surface area contributed by atoms with Gasteiger partial charge in [0.15, 0.2) is 5.82 Å². The molecule has 1 aromatic heterocycles. The summed E-state index contributed by atoms with van der Waals surface area (Å²) >= 11 is 0. The zero-order valence-corrected chi connectivity index (χ0v) is 18.0. The first-order valence-electron chi connectivity index (χ1n) is 11.3. The lowest BCUT2D eigenvalue weighted by atomic mass is 9.97. The molecular weight excluding hydrogens is 394 g/mol. The molecule has 3 heterocycles. The number of amides is 2. The van der Waals surface area contributed by atoms with Gasteiger partial charge in [0.2, 0.25) is 11.8 Å². The number of nitrogens with zero attached hydrogens (tertiary/aromatic N) is 4. The molecule has 1 fully saturated rings. The van der Waals surface area contributed by atoms with Crippen molar-refractivity contribution < 1.29 is 14.3 Å². The second-order valence-electron chi connectivity index (χ2n) is 8.30. The fourth-order valence-corrected chi connectivity index (χ4v) is 4.34. The fraction of sp³-hybridized carbons (Fsp3) is 0.565. The van der Waals surface area contributed by atoms with Crippen molar-refractivity contribution in [3.63, 3.8) is 0 Å². The molecule has 166 valence electrons. The largest absolute Gasteiger partial charge is 0.493 e. The monoisotopic (exact) mass is 425 g/mol. The number of benzene rings is 1. The molecule has 8 heteroatoms. The van der Waals surface area contributed by atoms with Crippen molar-refractivity contribution in [2.45, 2.75) is 58.0 Å². The van der Waals surface area contributed by atoms with Crippen LogP contribution in [0.5, 0.6) is 5.75 Å². The standard InChI is InChI=1S/C23H31N5O3/c29-22(12-15-31-19-9-3-1-4-10-19)27-13-7-8-18(17-27)23(30)24-16-21-26-25-20-11-5-2-6-14-28(20)21/h1,3-4,9-10,18H,2,5-8,11-17H2,(H,24,30). The van der Waals surface area contributed by atoms with Crippen molar-refractivity contribution in [1.29, 1.82) is 0 Å². The van der Waals surface area contributed by atoms with Crippen LogP contribution in [0.15, 0.2) is 30.3 Å². The van der Waals surface area contributed by atoms with Crippen molar-refractivity contribution in [3.05, 3.63) is 42.0 Å². The summed E-state index contributed by atoms with van der Waals surface area (Å²) in [6.45, 7) is 2.82. The van der Waals surface area contributed by atoms with Gasteiger partial charge in [-0.05, 0) is 37.8 Å². The molecule has 1 aromatic carbocycles. The fourth-order valence-electron chi connectivity index (χ4n) is 4.34. The van der Waals surface area contributed by atoms with E-state index < -0.39 is 0 Å². The molecule has 2 amide bonds. The summed E-state index contributed by atoms with van der Waals surface area (Å²) in [6.07, 6.45) is 6.38. The van der Waals surface area contributed by atoms with E-state index in [1.807, 2.05) is 30.3 Å². The van der Waals surface area contributed by atoms with Gasteiger partial charge in [-0.2, -0.15) is 0 Å². The van der Waals surface area contributed by atoms with Gasteiger partial charge in [0.25, 0.3) is 0 Å². The number of aromatic nitrogens is 3. The average molecular weight is 426 g/mol. The first kappa shape index (κ1) is 21.3. The minimum atomic E-state index is -0.181. The Morgan fingerprint density at radius 1 is 1.06 bits per heavy atom. The van der Waals surface area contributed by atoms with Crippen molar-refractivity contribution in [3.8, 4) is 5.75 Å². The van der Waals surface area contributed by atoms with Crippen LogP contribution in [0.3, 0.4) is 0 Å². The Hall–Kier alpha value is -2.90. The third kappa shape index (κ3) is 5.62. The van der Waals surface area contributed by atoms with E-state index in [4.69, 9.17) is 4.74 Å². The van der Waals surface area contributed by atoms with E-state index in [9.17, 15) is 9.59 Å². The summed E-state index contributed by atoms with van der Waals surface area (Å²) in [5.41, 5.74) is 0. The lowest BCUT2D eigenvalue weighted by molar-refractivity contribution is -0.136. The molecule has 1 unspecified atom stereocenters. The predicted octanol–water partition coefficient (Wildman–Crippen LogP) is 2.33. The minimum Gasteiger partial charge on any atom is -0.493 e. The van der Waals surface area contributed by atoms with Crippen LogP contribution in [0, 0.1) is 5.92 Å². The number of aryl methyl sites for hydroxylation is 1. The lowest BCUT2D eigenvalue weighted by Crippen LogP contribution is -2.45. The molecule has 1 atom stereocenters. The number of nitrogens with one attached hydrogen (secondary N) is 1. The SMILES string of the molecule is O=C(NCc1nnc2n1CCCCC2)C1CCCN(C(=O)CCOc2ccccc2)C1. The molecular formula is C23H31N5O3. The molecule has 0 spiro atoms. The van der Waals surface area contributed by atoms with Gasteiger partial charge < -0.3 is 19.5 Å². The summed E-state index contributed by atoms with van der Waals surface area (Å²) in [5, 5.41) is 11.6. The maximum absolute atomic E-state index is 12.8. The van der Waals surface area contributed by atoms with Gasteiger partial charge in [-0.3, -0.25) is 9.59 Å². The highest BCUT2D eigenvalue weighted by Crippen LogP contribution is 2.19. The predicted molar refractivity (Wildman–Crippen MR) is 115 cm³/mol. The molecule has 0 radical (unpaired) electrons. The Labute approximate surface area is 183 Å². The third-order valence-electron chi connectivity index (χ3n) is 6.08. The maximum Gasteiger partial charge on any atom is 0.226 e. The van der Waals surface area contributed by atoms with Crippen LogP contribution < -0.4 is 10.1 Å². The maximum atomic E-state index is 12.8. The number of likely N-dealkylation sites (tertiary alicyclic amines) is 1. The first-order chi connectivity index (χ1) is 15.2. The summed E-state index contributed by atoms with van der Waals surface area (Å²) in [4.78, 5) is 27.1. The Kier molecular flexibility index (Phi) is 7.17. The van der Waals surface area contributed by atoms with Gasteiger partial charge in [-0.25, -0.2) is 0 Å². The number of carbonyl (C=O) groups is 2. The molecule has 0 aliphatic carbocycles. The highest BCUT2D eigenvalue weighted by molar-refractivity contribution is 5.81. The Bertz CT molecular complexity index is 883. The normalized spacial score (nSPS) is 18.7. The number of fused-ring (bicyclic) bond motifs is 1. The number of para-hydroxylation sites is 1. The first-order valence-corrected chi connectivity index (χ1v) is 11.3. The third-order valence-corrected chi connectivity index (χ3v) is 6.08.